The molecule has 1 aliphatic carbocycles. The van der Waals surface area contributed by atoms with E-state index >= 15 is 0 Å². The molecule has 1 saturated carbocycles. The molecule has 1 aromatic carbocycles. The SMILES string of the molecule is N[C@@H]1[C@H]2CN(Cc3ccc(C(F)(F)F)cc3)CC[C@@H]12. The lowest BCUT2D eigenvalue weighted by Crippen LogP contribution is -2.31. The average Bonchev–Trinajstić information content (AvgIpc) is 2.99. The summed E-state index contributed by atoms with van der Waals surface area (Å²) in [5.74, 6) is 1.28. The number of halogens is 3. The summed E-state index contributed by atoms with van der Waals surface area (Å²) >= 11 is 0. The van der Waals surface area contributed by atoms with E-state index in [1.165, 1.54) is 0 Å². The van der Waals surface area contributed by atoms with Gasteiger partial charge in [-0.15, -0.1) is 0 Å². The van der Waals surface area contributed by atoms with Crippen molar-refractivity contribution in [2.45, 2.75) is 25.2 Å². The first-order chi connectivity index (χ1) is 8.95. The summed E-state index contributed by atoms with van der Waals surface area (Å²) in [4.78, 5) is 2.29. The first-order valence-corrected chi connectivity index (χ1v) is 6.59. The van der Waals surface area contributed by atoms with Crippen molar-refractivity contribution in [1.29, 1.82) is 0 Å². The number of piperidine rings is 1. The van der Waals surface area contributed by atoms with Gasteiger partial charge in [0.2, 0.25) is 0 Å². The van der Waals surface area contributed by atoms with Gasteiger partial charge < -0.3 is 5.73 Å². The Morgan fingerprint density at radius 3 is 2.42 bits per heavy atom. The van der Waals surface area contributed by atoms with Gasteiger partial charge in [-0.05, 0) is 42.5 Å². The number of alkyl halides is 3. The molecule has 2 N–H and O–H groups in total. The molecule has 0 spiro atoms. The Kier molecular flexibility index (Phi) is 3.06. The highest BCUT2D eigenvalue weighted by atomic mass is 19.4. The van der Waals surface area contributed by atoms with Crippen LogP contribution in [0.4, 0.5) is 13.2 Å². The number of nitrogens with two attached hydrogens (primary N) is 1. The van der Waals surface area contributed by atoms with Crippen LogP contribution in [-0.4, -0.2) is 24.0 Å². The third-order valence-electron chi connectivity index (χ3n) is 4.33. The second-order valence-corrected chi connectivity index (χ2v) is 5.62. The number of likely N-dealkylation sites (tertiary alicyclic amines) is 1. The maximum atomic E-state index is 12.5. The fraction of sp³-hybridized carbons (Fsp3) is 0.571. The molecule has 2 aliphatic rings. The topological polar surface area (TPSA) is 29.3 Å². The smallest absolute Gasteiger partial charge is 0.327 e. The summed E-state index contributed by atoms with van der Waals surface area (Å²) in [6.45, 7) is 2.69. The molecule has 0 aromatic heterocycles. The van der Waals surface area contributed by atoms with Crippen molar-refractivity contribution in [3.05, 3.63) is 35.4 Å². The van der Waals surface area contributed by atoms with Crippen molar-refractivity contribution in [3.63, 3.8) is 0 Å². The van der Waals surface area contributed by atoms with E-state index in [-0.39, 0.29) is 0 Å². The number of fused-ring (bicyclic) bond motifs is 1. The Morgan fingerprint density at radius 1 is 1.16 bits per heavy atom. The third-order valence-corrected chi connectivity index (χ3v) is 4.33. The normalized spacial score (nSPS) is 31.1. The Hall–Kier alpha value is -1.07. The monoisotopic (exact) mass is 270 g/mol. The van der Waals surface area contributed by atoms with Gasteiger partial charge in [-0.3, -0.25) is 4.90 Å². The van der Waals surface area contributed by atoms with E-state index in [1.807, 2.05) is 0 Å². The molecule has 2 nitrogen and oxygen atoms in total. The molecule has 104 valence electrons. The fourth-order valence-electron chi connectivity index (χ4n) is 3.06. The number of nitrogens with zero attached hydrogens (tertiary/aromatic N) is 1. The van der Waals surface area contributed by atoms with Gasteiger partial charge >= 0.3 is 6.18 Å². The molecule has 2 fully saturated rings. The van der Waals surface area contributed by atoms with E-state index in [1.54, 1.807) is 12.1 Å². The van der Waals surface area contributed by atoms with Gasteiger partial charge in [0.15, 0.2) is 0 Å². The molecule has 3 atom stereocenters. The van der Waals surface area contributed by atoms with Gasteiger partial charge in [-0.25, -0.2) is 0 Å². The zero-order valence-corrected chi connectivity index (χ0v) is 10.5. The molecule has 0 radical (unpaired) electrons. The van der Waals surface area contributed by atoms with Crippen LogP contribution >= 0.6 is 0 Å². The maximum Gasteiger partial charge on any atom is 0.416 e. The summed E-state index contributed by atoms with van der Waals surface area (Å²) in [5.41, 5.74) is 6.29. The Bertz CT molecular complexity index is 455. The molecule has 5 heteroatoms. The van der Waals surface area contributed by atoms with Crippen molar-refractivity contribution in [1.82, 2.24) is 4.90 Å². The molecule has 1 aliphatic heterocycles. The van der Waals surface area contributed by atoms with Crippen LogP contribution in [0.3, 0.4) is 0 Å². The van der Waals surface area contributed by atoms with Crippen molar-refractivity contribution < 1.29 is 13.2 Å². The summed E-state index contributed by atoms with van der Waals surface area (Å²) in [5, 5.41) is 0. The van der Waals surface area contributed by atoms with Gasteiger partial charge in [0, 0.05) is 19.1 Å². The van der Waals surface area contributed by atoms with E-state index in [0.717, 1.165) is 37.2 Å². The minimum atomic E-state index is -4.25. The molecule has 1 aromatic rings. The van der Waals surface area contributed by atoms with Crippen LogP contribution in [0.1, 0.15) is 17.5 Å². The molecule has 0 amide bonds. The summed E-state index contributed by atoms with van der Waals surface area (Å²) < 4.78 is 37.4. The number of benzene rings is 1. The van der Waals surface area contributed by atoms with Crippen molar-refractivity contribution in [2.24, 2.45) is 17.6 Å². The lowest BCUT2D eigenvalue weighted by atomic mass is 10.1. The van der Waals surface area contributed by atoms with Crippen LogP contribution in [0.2, 0.25) is 0 Å². The highest BCUT2D eigenvalue weighted by molar-refractivity contribution is 5.24. The number of rotatable bonds is 2. The van der Waals surface area contributed by atoms with Gasteiger partial charge in [0.05, 0.1) is 5.56 Å². The second kappa shape index (κ2) is 4.49. The zero-order valence-electron chi connectivity index (χ0n) is 10.5. The average molecular weight is 270 g/mol. The Morgan fingerprint density at radius 2 is 1.84 bits per heavy atom. The first kappa shape index (κ1) is 12.9. The standard InChI is InChI=1S/C14H17F3N2/c15-14(16,17)10-3-1-9(2-4-10)7-19-6-5-11-12(8-19)13(11)18/h1-4,11-13H,5-8,18H2/t11-,12+,13+/m1/s1. The molecule has 19 heavy (non-hydrogen) atoms. The Balaban J connectivity index is 1.61. The lowest BCUT2D eigenvalue weighted by molar-refractivity contribution is -0.137. The van der Waals surface area contributed by atoms with E-state index in [0.29, 0.717) is 24.4 Å². The first-order valence-electron chi connectivity index (χ1n) is 6.59. The molecule has 0 bridgehead atoms. The fourth-order valence-corrected chi connectivity index (χ4v) is 3.06. The minimum absolute atomic E-state index is 0.345. The van der Waals surface area contributed by atoms with Crippen LogP contribution in [0.5, 0.6) is 0 Å². The van der Waals surface area contributed by atoms with Crippen LogP contribution in [0.15, 0.2) is 24.3 Å². The number of hydrogen-bond acceptors (Lipinski definition) is 2. The molecular weight excluding hydrogens is 253 g/mol. The third kappa shape index (κ3) is 2.62. The predicted octanol–water partition coefficient (Wildman–Crippen LogP) is 2.48. The van der Waals surface area contributed by atoms with Crippen molar-refractivity contribution in [3.8, 4) is 0 Å². The van der Waals surface area contributed by atoms with Gasteiger partial charge in [-0.2, -0.15) is 13.2 Å². The van der Waals surface area contributed by atoms with E-state index in [4.69, 9.17) is 5.73 Å². The predicted molar refractivity (Wildman–Crippen MR) is 66.3 cm³/mol. The van der Waals surface area contributed by atoms with Gasteiger partial charge in [0.1, 0.15) is 0 Å². The quantitative estimate of drug-likeness (QED) is 0.894. The van der Waals surface area contributed by atoms with Crippen molar-refractivity contribution >= 4 is 0 Å². The van der Waals surface area contributed by atoms with Gasteiger partial charge in [0.25, 0.3) is 0 Å². The molecule has 3 rings (SSSR count). The van der Waals surface area contributed by atoms with Crippen LogP contribution in [-0.2, 0) is 12.7 Å². The van der Waals surface area contributed by atoms with E-state index in [2.05, 4.69) is 4.90 Å². The van der Waals surface area contributed by atoms with E-state index < -0.39 is 11.7 Å². The van der Waals surface area contributed by atoms with Gasteiger partial charge in [-0.1, -0.05) is 12.1 Å². The highest BCUT2D eigenvalue weighted by Gasteiger charge is 2.49. The molecule has 1 saturated heterocycles. The molecular formula is C14H17F3N2. The number of hydrogen-bond donors (Lipinski definition) is 1. The van der Waals surface area contributed by atoms with E-state index in [9.17, 15) is 13.2 Å². The summed E-state index contributed by atoms with van der Waals surface area (Å²) in [6.07, 6.45) is -3.13. The molecule has 0 unspecified atom stereocenters. The largest absolute Gasteiger partial charge is 0.416 e. The summed E-state index contributed by atoms with van der Waals surface area (Å²) in [6, 6.07) is 5.80. The summed E-state index contributed by atoms with van der Waals surface area (Å²) in [7, 11) is 0. The maximum absolute atomic E-state index is 12.5. The Labute approximate surface area is 110 Å². The second-order valence-electron chi connectivity index (χ2n) is 5.62. The minimum Gasteiger partial charge on any atom is -0.327 e. The van der Waals surface area contributed by atoms with Crippen LogP contribution < -0.4 is 5.73 Å². The zero-order chi connectivity index (χ0) is 13.6. The highest BCUT2D eigenvalue weighted by Crippen LogP contribution is 2.43. The van der Waals surface area contributed by atoms with Crippen LogP contribution in [0.25, 0.3) is 0 Å². The molecule has 1 heterocycles. The lowest BCUT2D eigenvalue weighted by Gasteiger charge is -2.26. The van der Waals surface area contributed by atoms with Crippen LogP contribution in [0, 0.1) is 11.8 Å². The van der Waals surface area contributed by atoms with Crippen molar-refractivity contribution in [2.75, 3.05) is 13.1 Å².